The minimum atomic E-state index is 0.488. The Kier molecular flexibility index (Phi) is 2.36. The Morgan fingerprint density at radius 3 is 2.69 bits per heavy atom. The van der Waals surface area contributed by atoms with Gasteiger partial charge in [-0.25, -0.2) is 4.98 Å². The zero-order chi connectivity index (χ0) is 9.26. The van der Waals surface area contributed by atoms with E-state index in [1.807, 2.05) is 6.92 Å². The van der Waals surface area contributed by atoms with Crippen LogP contribution >= 0.6 is 0 Å². The number of nitrogens with two attached hydrogens (primary N) is 1. The molecule has 0 saturated heterocycles. The molecule has 1 fully saturated rings. The van der Waals surface area contributed by atoms with E-state index in [9.17, 15) is 0 Å². The van der Waals surface area contributed by atoms with Gasteiger partial charge in [-0.2, -0.15) is 0 Å². The molecule has 3 heteroatoms. The van der Waals surface area contributed by atoms with Crippen molar-refractivity contribution < 1.29 is 4.42 Å². The summed E-state index contributed by atoms with van der Waals surface area (Å²) < 4.78 is 5.60. The Morgan fingerprint density at radius 1 is 1.46 bits per heavy atom. The molecule has 1 aliphatic carbocycles. The van der Waals surface area contributed by atoms with Gasteiger partial charge in [-0.15, -0.1) is 0 Å². The summed E-state index contributed by atoms with van der Waals surface area (Å²) in [6.07, 6.45) is 5.07. The Labute approximate surface area is 78.3 Å². The number of aryl methyl sites for hydroxylation is 1. The van der Waals surface area contributed by atoms with Crippen LogP contribution in [0, 0.1) is 6.92 Å². The molecule has 0 aliphatic heterocycles. The van der Waals surface area contributed by atoms with Crippen molar-refractivity contribution in [3.05, 3.63) is 17.3 Å². The van der Waals surface area contributed by atoms with Crippen molar-refractivity contribution in [2.24, 2.45) is 5.73 Å². The zero-order valence-electron chi connectivity index (χ0n) is 8.05. The summed E-state index contributed by atoms with van der Waals surface area (Å²) in [5.41, 5.74) is 6.46. The van der Waals surface area contributed by atoms with Gasteiger partial charge in [0.2, 0.25) is 0 Å². The fourth-order valence-corrected chi connectivity index (χ4v) is 1.99. The Hall–Kier alpha value is -0.830. The van der Waals surface area contributed by atoms with Crippen LogP contribution in [0.5, 0.6) is 0 Å². The van der Waals surface area contributed by atoms with E-state index in [0.717, 1.165) is 17.3 Å². The Balaban J connectivity index is 2.20. The Morgan fingerprint density at radius 2 is 2.15 bits per heavy atom. The van der Waals surface area contributed by atoms with E-state index in [1.54, 1.807) is 0 Å². The van der Waals surface area contributed by atoms with Crippen LogP contribution in [0.25, 0.3) is 0 Å². The van der Waals surface area contributed by atoms with Crippen molar-refractivity contribution in [3.8, 4) is 0 Å². The number of hydrogen-bond donors (Lipinski definition) is 1. The van der Waals surface area contributed by atoms with Gasteiger partial charge in [-0.1, -0.05) is 12.8 Å². The third kappa shape index (κ3) is 1.61. The van der Waals surface area contributed by atoms with Gasteiger partial charge in [0.25, 0.3) is 0 Å². The van der Waals surface area contributed by atoms with Crippen molar-refractivity contribution in [2.75, 3.05) is 0 Å². The highest BCUT2D eigenvalue weighted by Crippen LogP contribution is 2.34. The predicted molar refractivity (Wildman–Crippen MR) is 50.3 cm³/mol. The van der Waals surface area contributed by atoms with E-state index in [4.69, 9.17) is 10.2 Å². The summed E-state index contributed by atoms with van der Waals surface area (Å²) >= 11 is 0. The number of oxazole rings is 1. The highest BCUT2D eigenvalue weighted by atomic mass is 16.4. The molecule has 0 radical (unpaired) electrons. The first kappa shape index (κ1) is 8.75. The predicted octanol–water partition coefficient (Wildman–Crippen LogP) is 2.10. The SMILES string of the molecule is Cc1oc(C2CCCC2)nc1CN. The standard InChI is InChI=1S/C10H16N2O/c1-7-9(6-11)12-10(13-7)8-4-2-3-5-8/h8H,2-6,11H2,1H3. The topological polar surface area (TPSA) is 52.0 Å². The first-order chi connectivity index (χ1) is 6.31. The summed E-state index contributed by atoms with van der Waals surface area (Å²) in [6.45, 7) is 2.43. The molecule has 0 aromatic carbocycles. The van der Waals surface area contributed by atoms with Crippen molar-refractivity contribution in [1.82, 2.24) is 4.98 Å². The van der Waals surface area contributed by atoms with Crippen molar-refractivity contribution in [1.29, 1.82) is 0 Å². The molecule has 1 aliphatic rings. The van der Waals surface area contributed by atoms with Crippen LogP contribution in [0.2, 0.25) is 0 Å². The molecule has 13 heavy (non-hydrogen) atoms. The molecule has 3 nitrogen and oxygen atoms in total. The summed E-state index contributed by atoms with van der Waals surface area (Å²) in [4.78, 5) is 4.42. The van der Waals surface area contributed by atoms with Crippen LogP contribution < -0.4 is 5.73 Å². The van der Waals surface area contributed by atoms with Crippen LogP contribution in [0.15, 0.2) is 4.42 Å². The maximum absolute atomic E-state index is 5.60. The fourth-order valence-electron chi connectivity index (χ4n) is 1.99. The highest BCUT2D eigenvalue weighted by Gasteiger charge is 2.22. The van der Waals surface area contributed by atoms with Crippen LogP contribution in [0.3, 0.4) is 0 Å². The van der Waals surface area contributed by atoms with E-state index in [1.165, 1.54) is 25.7 Å². The number of rotatable bonds is 2. The normalized spacial score (nSPS) is 18.3. The maximum Gasteiger partial charge on any atom is 0.197 e. The number of hydrogen-bond acceptors (Lipinski definition) is 3. The minimum absolute atomic E-state index is 0.488. The summed E-state index contributed by atoms with van der Waals surface area (Å²) in [6, 6.07) is 0. The van der Waals surface area contributed by atoms with Gasteiger partial charge in [0, 0.05) is 12.5 Å². The lowest BCUT2D eigenvalue weighted by Gasteiger charge is -2.00. The lowest BCUT2D eigenvalue weighted by molar-refractivity contribution is 0.430. The third-order valence-electron chi connectivity index (χ3n) is 2.81. The second-order valence-electron chi connectivity index (χ2n) is 3.74. The van der Waals surface area contributed by atoms with Gasteiger partial charge in [0.1, 0.15) is 5.76 Å². The zero-order valence-corrected chi connectivity index (χ0v) is 8.05. The molecule has 2 rings (SSSR count). The number of nitrogens with zero attached hydrogens (tertiary/aromatic N) is 1. The third-order valence-corrected chi connectivity index (χ3v) is 2.81. The molecule has 2 N–H and O–H groups in total. The second kappa shape index (κ2) is 3.50. The molecule has 1 aromatic rings. The molecule has 0 unspecified atom stereocenters. The van der Waals surface area contributed by atoms with Crippen LogP contribution in [-0.4, -0.2) is 4.98 Å². The van der Waals surface area contributed by atoms with Crippen LogP contribution in [-0.2, 0) is 6.54 Å². The van der Waals surface area contributed by atoms with Crippen molar-refractivity contribution in [3.63, 3.8) is 0 Å². The molecule has 0 spiro atoms. The molecule has 0 atom stereocenters. The molecular formula is C10H16N2O. The lowest BCUT2D eigenvalue weighted by atomic mass is 10.1. The van der Waals surface area contributed by atoms with Crippen molar-refractivity contribution in [2.45, 2.75) is 45.1 Å². The fraction of sp³-hybridized carbons (Fsp3) is 0.700. The largest absolute Gasteiger partial charge is 0.445 e. The average molecular weight is 180 g/mol. The van der Waals surface area contributed by atoms with Gasteiger partial charge >= 0.3 is 0 Å². The molecule has 0 bridgehead atoms. The minimum Gasteiger partial charge on any atom is -0.445 e. The van der Waals surface area contributed by atoms with Gasteiger partial charge in [-0.05, 0) is 19.8 Å². The van der Waals surface area contributed by atoms with Gasteiger partial charge in [0.05, 0.1) is 5.69 Å². The van der Waals surface area contributed by atoms with E-state index in [0.29, 0.717) is 12.5 Å². The molecule has 72 valence electrons. The van der Waals surface area contributed by atoms with Gasteiger partial charge < -0.3 is 10.2 Å². The van der Waals surface area contributed by atoms with E-state index >= 15 is 0 Å². The first-order valence-electron chi connectivity index (χ1n) is 4.97. The molecular weight excluding hydrogens is 164 g/mol. The monoisotopic (exact) mass is 180 g/mol. The van der Waals surface area contributed by atoms with E-state index in [-0.39, 0.29) is 0 Å². The number of aromatic nitrogens is 1. The summed E-state index contributed by atoms with van der Waals surface area (Å²) in [5.74, 6) is 2.36. The highest BCUT2D eigenvalue weighted by molar-refractivity contribution is 5.10. The van der Waals surface area contributed by atoms with E-state index < -0.39 is 0 Å². The molecule has 1 saturated carbocycles. The Bertz CT molecular complexity index is 287. The molecule has 1 aromatic heterocycles. The van der Waals surface area contributed by atoms with Gasteiger partial charge in [-0.3, -0.25) is 0 Å². The summed E-state index contributed by atoms with van der Waals surface area (Å²) in [7, 11) is 0. The van der Waals surface area contributed by atoms with Crippen LogP contribution in [0.1, 0.15) is 48.9 Å². The van der Waals surface area contributed by atoms with E-state index in [2.05, 4.69) is 4.98 Å². The van der Waals surface area contributed by atoms with Crippen LogP contribution in [0.4, 0.5) is 0 Å². The average Bonchev–Trinajstić information content (AvgIpc) is 2.71. The lowest BCUT2D eigenvalue weighted by Crippen LogP contribution is -1.99. The smallest absolute Gasteiger partial charge is 0.197 e. The molecule has 0 amide bonds. The van der Waals surface area contributed by atoms with Crippen molar-refractivity contribution >= 4 is 0 Å². The summed E-state index contributed by atoms with van der Waals surface area (Å²) in [5, 5.41) is 0. The maximum atomic E-state index is 5.60. The molecule has 1 heterocycles. The quantitative estimate of drug-likeness (QED) is 0.758. The second-order valence-corrected chi connectivity index (χ2v) is 3.74. The van der Waals surface area contributed by atoms with Gasteiger partial charge in [0.15, 0.2) is 5.89 Å². The first-order valence-corrected chi connectivity index (χ1v) is 4.97.